The molecule has 1 fully saturated rings. The molecule has 0 aromatic heterocycles. The molecule has 1 aromatic carbocycles. The zero-order chi connectivity index (χ0) is 14.3. The molecular formula is C16H24N4O. The fourth-order valence-electron chi connectivity index (χ4n) is 2.69. The molecule has 21 heavy (non-hydrogen) atoms. The number of rotatable bonds is 4. The van der Waals surface area contributed by atoms with Crippen molar-refractivity contribution in [2.45, 2.75) is 19.5 Å². The van der Waals surface area contributed by atoms with Gasteiger partial charge in [-0.2, -0.15) is 0 Å². The van der Waals surface area contributed by atoms with E-state index in [2.05, 4.69) is 44.8 Å². The Kier molecular flexibility index (Phi) is 5.08. The van der Waals surface area contributed by atoms with Crippen LogP contribution < -0.4 is 10.6 Å². The van der Waals surface area contributed by atoms with Gasteiger partial charge in [-0.3, -0.25) is 9.89 Å². The summed E-state index contributed by atoms with van der Waals surface area (Å²) in [4.78, 5) is 6.88. The van der Waals surface area contributed by atoms with Crippen molar-refractivity contribution in [1.82, 2.24) is 15.5 Å². The molecule has 0 spiro atoms. The van der Waals surface area contributed by atoms with Crippen LogP contribution >= 0.6 is 0 Å². The van der Waals surface area contributed by atoms with E-state index in [0.29, 0.717) is 0 Å². The highest BCUT2D eigenvalue weighted by Crippen LogP contribution is 2.10. The van der Waals surface area contributed by atoms with Gasteiger partial charge in [-0.05, 0) is 17.5 Å². The van der Waals surface area contributed by atoms with Crippen molar-refractivity contribution in [3.63, 3.8) is 0 Å². The van der Waals surface area contributed by atoms with Crippen molar-refractivity contribution in [3.8, 4) is 0 Å². The highest BCUT2D eigenvalue weighted by Gasteiger charge is 2.10. The summed E-state index contributed by atoms with van der Waals surface area (Å²) in [6.45, 7) is 7.54. The van der Waals surface area contributed by atoms with Gasteiger partial charge in [-0.1, -0.05) is 24.3 Å². The molecule has 0 atom stereocenters. The van der Waals surface area contributed by atoms with Crippen molar-refractivity contribution in [3.05, 3.63) is 35.4 Å². The summed E-state index contributed by atoms with van der Waals surface area (Å²) in [5, 5.41) is 6.66. The predicted molar refractivity (Wildman–Crippen MR) is 84.3 cm³/mol. The van der Waals surface area contributed by atoms with Crippen LogP contribution in [-0.4, -0.2) is 50.3 Å². The third kappa shape index (κ3) is 4.44. The lowest BCUT2D eigenvalue weighted by Gasteiger charge is -2.26. The van der Waals surface area contributed by atoms with Crippen molar-refractivity contribution in [2.75, 3.05) is 39.4 Å². The smallest absolute Gasteiger partial charge is 0.191 e. The minimum atomic E-state index is 0.822. The molecule has 1 saturated heterocycles. The fourth-order valence-corrected chi connectivity index (χ4v) is 2.69. The van der Waals surface area contributed by atoms with Gasteiger partial charge in [0.05, 0.1) is 13.2 Å². The van der Waals surface area contributed by atoms with Gasteiger partial charge >= 0.3 is 0 Å². The van der Waals surface area contributed by atoms with Crippen molar-refractivity contribution >= 4 is 5.96 Å². The Morgan fingerprint density at radius 2 is 2.10 bits per heavy atom. The van der Waals surface area contributed by atoms with E-state index in [9.17, 15) is 0 Å². The standard InChI is InChI=1S/C16H24N4O/c1-3-14(12-19-16-17-5-2-6-18-16)11-15(4-1)13-20-7-9-21-10-8-20/h1,3-4,11H,2,5-10,12-13H2,(H2,17,18,19). The molecule has 0 bridgehead atoms. The number of nitrogens with one attached hydrogen (secondary N) is 2. The Bertz CT molecular complexity index is 483. The number of nitrogens with zero attached hydrogens (tertiary/aromatic N) is 2. The van der Waals surface area contributed by atoms with Crippen molar-refractivity contribution in [1.29, 1.82) is 0 Å². The zero-order valence-corrected chi connectivity index (χ0v) is 12.5. The summed E-state index contributed by atoms with van der Waals surface area (Å²) >= 11 is 0. The van der Waals surface area contributed by atoms with Crippen LogP contribution in [0.4, 0.5) is 0 Å². The Balaban J connectivity index is 1.53. The minimum absolute atomic E-state index is 0.822. The molecular weight excluding hydrogens is 264 g/mol. The second kappa shape index (κ2) is 7.43. The van der Waals surface area contributed by atoms with Gasteiger partial charge in [0.2, 0.25) is 0 Å². The van der Waals surface area contributed by atoms with Crippen molar-refractivity contribution < 1.29 is 4.74 Å². The third-order valence-electron chi connectivity index (χ3n) is 3.86. The summed E-state index contributed by atoms with van der Waals surface area (Å²) < 4.78 is 5.40. The topological polar surface area (TPSA) is 48.9 Å². The molecule has 114 valence electrons. The molecule has 0 unspecified atom stereocenters. The average molecular weight is 288 g/mol. The highest BCUT2D eigenvalue weighted by molar-refractivity contribution is 5.80. The van der Waals surface area contributed by atoms with Gasteiger partial charge in [0, 0.05) is 39.3 Å². The van der Waals surface area contributed by atoms with E-state index in [1.165, 1.54) is 11.1 Å². The van der Waals surface area contributed by atoms with Crippen LogP contribution in [0.15, 0.2) is 29.3 Å². The first-order valence-electron chi connectivity index (χ1n) is 7.80. The highest BCUT2D eigenvalue weighted by atomic mass is 16.5. The molecule has 2 N–H and O–H groups in total. The summed E-state index contributed by atoms with van der Waals surface area (Å²) in [5.74, 6) is 0.930. The van der Waals surface area contributed by atoms with Gasteiger partial charge in [0.25, 0.3) is 0 Å². The monoisotopic (exact) mass is 288 g/mol. The van der Waals surface area contributed by atoms with E-state index in [1.807, 2.05) is 0 Å². The van der Waals surface area contributed by atoms with E-state index < -0.39 is 0 Å². The van der Waals surface area contributed by atoms with Crippen LogP contribution in [0.25, 0.3) is 0 Å². The van der Waals surface area contributed by atoms with Crippen LogP contribution in [0.2, 0.25) is 0 Å². The maximum atomic E-state index is 5.40. The first-order chi connectivity index (χ1) is 10.4. The predicted octanol–water partition coefficient (Wildman–Crippen LogP) is 0.958. The lowest BCUT2D eigenvalue weighted by atomic mass is 10.1. The van der Waals surface area contributed by atoms with Crippen LogP contribution in [0.5, 0.6) is 0 Å². The number of benzene rings is 1. The average Bonchev–Trinajstić information content (AvgIpc) is 2.55. The minimum Gasteiger partial charge on any atom is -0.379 e. The molecule has 5 nitrogen and oxygen atoms in total. The zero-order valence-electron chi connectivity index (χ0n) is 12.5. The summed E-state index contributed by atoms with van der Waals surface area (Å²) in [7, 11) is 0. The molecule has 0 amide bonds. The number of hydrogen-bond donors (Lipinski definition) is 2. The van der Waals surface area contributed by atoms with Crippen LogP contribution in [0.3, 0.4) is 0 Å². The van der Waals surface area contributed by atoms with E-state index >= 15 is 0 Å². The maximum Gasteiger partial charge on any atom is 0.191 e. The number of morpholine rings is 1. The molecule has 0 aliphatic carbocycles. The van der Waals surface area contributed by atoms with E-state index in [0.717, 1.165) is 64.9 Å². The van der Waals surface area contributed by atoms with Gasteiger partial charge in [0.15, 0.2) is 5.96 Å². The Labute approximate surface area is 126 Å². The normalized spacial score (nSPS) is 19.7. The first-order valence-corrected chi connectivity index (χ1v) is 7.80. The Morgan fingerprint density at radius 3 is 2.90 bits per heavy atom. The largest absolute Gasteiger partial charge is 0.379 e. The molecule has 0 saturated carbocycles. The summed E-state index contributed by atoms with van der Waals surface area (Å²) in [6, 6.07) is 8.79. The van der Waals surface area contributed by atoms with Crippen LogP contribution in [0, 0.1) is 0 Å². The maximum absolute atomic E-state index is 5.40. The van der Waals surface area contributed by atoms with Gasteiger partial charge in [-0.15, -0.1) is 0 Å². The summed E-state index contributed by atoms with van der Waals surface area (Å²) in [6.07, 6.45) is 1.13. The van der Waals surface area contributed by atoms with E-state index in [4.69, 9.17) is 4.74 Å². The van der Waals surface area contributed by atoms with Gasteiger partial charge in [-0.25, -0.2) is 0 Å². The number of ether oxygens (including phenoxy) is 1. The fraction of sp³-hybridized carbons (Fsp3) is 0.562. The second-order valence-corrected chi connectivity index (χ2v) is 5.57. The van der Waals surface area contributed by atoms with Gasteiger partial charge < -0.3 is 15.4 Å². The number of guanidine groups is 1. The van der Waals surface area contributed by atoms with Crippen molar-refractivity contribution in [2.24, 2.45) is 4.99 Å². The van der Waals surface area contributed by atoms with Crippen LogP contribution in [-0.2, 0) is 17.8 Å². The first kappa shape index (κ1) is 14.4. The molecule has 5 heteroatoms. The lowest BCUT2D eigenvalue weighted by Crippen LogP contribution is -2.40. The Hall–Kier alpha value is -1.59. The molecule has 0 radical (unpaired) electrons. The second-order valence-electron chi connectivity index (χ2n) is 5.57. The number of aliphatic imine (C=N–C) groups is 1. The van der Waals surface area contributed by atoms with Crippen LogP contribution in [0.1, 0.15) is 17.5 Å². The lowest BCUT2D eigenvalue weighted by molar-refractivity contribution is 0.0342. The Morgan fingerprint density at radius 1 is 1.24 bits per heavy atom. The molecule has 2 aliphatic rings. The third-order valence-corrected chi connectivity index (χ3v) is 3.86. The molecule has 2 aliphatic heterocycles. The van der Waals surface area contributed by atoms with E-state index in [1.54, 1.807) is 0 Å². The SMILES string of the molecule is c1cc(CNC2=NCCCN2)cc(CN2CCOCC2)c1. The quantitative estimate of drug-likeness (QED) is 0.866. The molecule has 2 heterocycles. The molecule has 1 aromatic rings. The van der Waals surface area contributed by atoms with Gasteiger partial charge in [0.1, 0.15) is 0 Å². The van der Waals surface area contributed by atoms with E-state index in [-0.39, 0.29) is 0 Å². The number of hydrogen-bond acceptors (Lipinski definition) is 5. The molecule has 3 rings (SSSR count). The summed E-state index contributed by atoms with van der Waals surface area (Å²) in [5.41, 5.74) is 2.67.